The van der Waals surface area contributed by atoms with Crippen LogP contribution in [0.15, 0.2) is 41.3 Å². The third-order valence-electron chi connectivity index (χ3n) is 4.44. The van der Waals surface area contributed by atoms with Gasteiger partial charge in [-0.05, 0) is 60.9 Å². The van der Waals surface area contributed by atoms with E-state index in [0.29, 0.717) is 37.6 Å². The second-order valence-corrected chi connectivity index (χ2v) is 7.91. The Morgan fingerprint density at radius 2 is 1.76 bits per heavy atom. The van der Waals surface area contributed by atoms with Gasteiger partial charge in [-0.1, -0.05) is 0 Å². The van der Waals surface area contributed by atoms with E-state index in [2.05, 4.69) is 0 Å². The van der Waals surface area contributed by atoms with Crippen molar-refractivity contribution >= 4 is 10.0 Å². The SMILES string of the molecule is CCOc1ccc(S(=O)(=O)N2CCc3cc4c(cc3C2)OCO4)cc1. The molecule has 2 aromatic carbocycles. The summed E-state index contributed by atoms with van der Waals surface area (Å²) in [6.07, 6.45) is 0.655. The quantitative estimate of drug-likeness (QED) is 0.837. The van der Waals surface area contributed by atoms with Gasteiger partial charge in [-0.2, -0.15) is 4.31 Å². The summed E-state index contributed by atoms with van der Waals surface area (Å²) in [6.45, 7) is 3.43. The topological polar surface area (TPSA) is 65.1 Å². The van der Waals surface area contributed by atoms with Crippen LogP contribution in [0.1, 0.15) is 18.1 Å². The van der Waals surface area contributed by atoms with Crippen LogP contribution < -0.4 is 14.2 Å². The molecule has 6 nitrogen and oxygen atoms in total. The van der Waals surface area contributed by atoms with E-state index in [0.717, 1.165) is 16.9 Å². The first-order chi connectivity index (χ1) is 12.1. The fourth-order valence-electron chi connectivity index (χ4n) is 3.15. The molecule has 25 heavy (non-hydrogen) atoms. The van der Waals surface area contributed by atoms with Crippen LogP contribution in [0.2, 0.25) is 0 Å². The van der Waals surface area contributed by atoms with Crippen molar-refractivity contribution in [3.05, 3.63) is 47.5 Å². The maximum atomic E-state index is 12.9. The number of benzene rings is 2. The second-order valence-electron chi connectivity index (χ2n) is 5.97. The summed E-state index contributed by atoms with van der Waals surface area (Å²) in [5.41, 5.74) is 2.08. The molecule has 0 saturated heterocycles. The molecule has 0 spiro atoms. The Balaban J connectivity index is 1.59. The lowest BCUT2D eigenvalue weighted by atomic mass is 10.0. The second kappa shape index (κ2) is 6.24. The largest absolute Gasteiger partial charge is 0.494 e. The van der Waals surface area contributed by atoms with E-state index in [1.54, 1.807) is 24.3 Å². The molecule has 0 atom stereocenters. The predicted molar refractivity (Wildman–Crippen MR) is 91.5 cm³/mol. The van der Waals surface area contributed by atoms with Crippen molar-refractivity contribution in [2.24, 2.45) is 0 Å². The minimum absolute atomic E-state index is 0.215. The van der Waals surface area contributed by atoms with Crippen molar-refractivity contribution in [2.75, 3.05) is 19.9 Å². The van der Waals surface area contributed by atoms with Crippen molar-refractivity contribution in [3.63, 3.8) is 0 Å². The van der Waals surface area contributed by atoms with Crippen molar-refractivity contribution in [1.82, 2.24) is 4.31 Å². The lowest BCUT2D eigenvalue weighted by molar-refractivity contribution is 0.174. The van der Waals surface area contributed by atoms with E-state index in [9.17, 15) is 8.42 Å². The molecule has 7 heteroatoms. The number of nitrogens with zero attached hydrogens (tertiary/aromatic N) is 1. The van der Waals surface area contributed by atoms with Crippen LogP contribution >= 0.6 is 0 Å². The van der Waals surface area contributed by atoms with Gasteiger partial charge in [0.05, 0.1) is 11.5 Å². The first-order valence-corrected chi connectivity index (χ1v) is 9.66. The van der Waals surface area contributed by atoms with Crippen molar-refractivity contribution in [3.8, 4) is 17.2 Å². The van der Waals surface area contributed by atoms with Gasteiger partial charge in [0.15, 0.2) is 11.5 Å². The Bertz CT molecular complexity index is 892. The third kappa shape index (κ3) is 2.94. The number of hydrogen-bond donors (Lipinski definition) is 0. The molecule has 2 heterocycles. The van der Waals surface area contributed by atoms with E-state index >= 15 is 0 Å². The molecule has 0 fully saturated rings. The zero-order valence-electron chi connectivity index (χ0n) is 13.9. The first-order valence-electron chi connectivity index (χ1n) is 8.22. The Hall–Kier alpha value is -2.25. The summed E-state index contributed by atoms with van der Waals surface area (Å²) in [7, 11) is -3.54. The lowest BCUT2D eigenvalue weighted by Crippen LogP contribution is -2.35. The molecule has 0 amide bonds. The number of rotatable bonds is 4. The number of ether oxygens (including phenoxy) is 3. The highest BCUT2D eigenvalue weighted by molar-refractivity contribution is 7.89. The van der Waals surface area contributed by atoms with Gasteiger partial charge in [0, 0.05) is 13.1 Å². The summed E-state index contributed by atoms with van der Waals surface area (Å²) in [6, 6.07) is 10.4. The van der Waals surface area contributed by atoms with Crippen LogP contribution in [0.25, 0.3) is 0 Å². The van der Waals surface area contributed by atoms with Gasteiger partial charge in [0.25, 0.3) is 0 Å². The maximum absolute atomic E-state index is 12.9. The molecule has 0 radical (unpaired) electrons. The summed E-state index contributed by atoms with van der Waals surface area (Å²) < 4.78 is 43.5. The fraction of sp³-hybridized carbons (Fsp3) is 0.333. The lowest BCUT2D eigenvalue weighted by Gasteiger charge is -2.28. The molecule has 2 aliphatic rings. The minimum atomic E-state index is -3.54. The monoisotopic (exact) mass is 361 g/mol. The molecule has 0 N–H and O–H groups in total. The molecule has 2 aliphatic heterocycles. The van der Waals surface area contributed by atoms with E-state index in [4.69, 9.17) is 14.2 Å². The van der Waals surface area contributed by atoms with Crippen molar-refractivity contribution in [1.29, 1.82) is 0 Å². The number of hydrogen-bond acceptors (Lipinski definition) is 5. The zero-order valence-corrected chi connectivity index (χ0v) is 14.7. The number of fused-ring (bicyclic) bond motifs is 2. The first kappa shape index (κ1) is 16.2. The average molecular weight is 361 g/mol. The van der Waals surface area contributed by atoms with Gasteiger partial charge >= 0.3 is 0 Å². The summed E-state index contributed by atoms with van der Waals surface area (Å²) in [5, 5.41) is 0. The summed E-state index contributed by atoms with van der Waals surface area (Å²) in [4.78, 5) is 0.278. The minimum Gasteiger partial charge on any atom is -0.494 e. The molecular weight excluding hydrogens is 342 g/mol. The Labute approximate surface area is 147 Å². The Kier molecular flexibility index (Phi) is 4.05. The van der Waals surface area contributed by atoms with Gasteiger partial charge in [-0.3, -0.25) is 0 Å². The highest BCUT2D eigenvalue weighted by Crippen LogP contribution is 2.37. The molecule has 4 rings (SSSR count). The average Bonchev–Trinajstić information content (AvgIpc) is 3.07. The smallest absolute Gasteiger partial charge is 0.243 e. The van der Waals surface area contributed by atoms with Gasteiger partial charge in [-0.25, -0.2) is 8.42 Å². The van der Waals surface area contributed by atoms with Gasteiger partial charge in [-0.15, -0.1) is 0 Å². The molecule has 0 bridgehead atoms. The highest BCUT2D eigenvalue weighted by Gasteiger charge is 2.30. The molecule has 0 aromatic heterocycles. The Morgan fingerprint density at radius 3 is 2.44 bits per heavy atom. The normalized spacial score (nSPS) is 16.5. The van der Waals surface area contributed by atoms with E-state index in [1.807, 2.05) is 19.1 Å². The summed E-state index contributed by atoms with van der Waals surface area (Å²) >= 11 is 0. The van der Waals surface area contributed by atoms with Crippen LogP contribution in [-0.2, 0) is 23.0 Å². The van der Waals surface area contributed by atoms with Crippen LogP contribution in [0, 0.1) is 0 Å². The predicted octanol–water partition coefficient (Wildman–Crippen LogP) is 2.56. The van der Waals surface area contributed by atoms with Gasteiger partial charge in [0.2, 0.25) is 16.8 Å². The molecule has 132 valence electrons. The van der Waals surface area contributed by atoms with E-state index in [-0.39, 0.29) is 11.7 Å². The fourth-order valence-corrected chi connectivity index (χ4v) is 4.57. The van der Waals surface area contributed by atoms with E-state index < -0.39 is 10.0 Å². The van der Waals surface area contributed by atoms with Gasteiger partial charge < -0.3 is 14.2 Å². The molecule has 0 aliphatic carbocycles. The number of sulfonamides is 1. The van der Waals surface area contributed by atoms with Crippen LogP contribution in [-0.4, -0.2) is 32.7 Å². The van der Waals surface area contributed by atoms with Crippen LogP contribution in [0.5, 0.6) is 17.2 Å². The van der Waals surface area contributed by atoms with Gasteiger partial charge in [0.1, 0.15) is 5.75 Å². The van der Waals surface area contributed by atoms with Crippen molar-refractivity contribution in [2.45, 2.75) is 24.8 Å². The molecule has 0 unspecified atom stereocenters. The van der Waals surface area contributed by atoms with E-state index in [1.165, 1.54) is 4.31 Å². The van der Waals surface area contributed by atoms with Crippen molar-refractivity contribution < 1.29 is 22.6 Å². The zero-order chi connectivity index (χ0) is 17.4. The molecular formula is C18H19NO5S. The third-order valence-corrected chi connectivity index (χ3v) is 6.30. The molecule has 2 aromatic rings. The highest BCUT2D eigenvalue weighted by atomic mass is 32.2. The molecule has 0 saturated carbocycles. The summed E-state index contributed by atoms with van der Waals surface area (Å²) in [5.74, 6) is 2.08. The van der Waals surface area contributed by atoms with Crippen LogP contribution in [0.4, 0.5) is 0 Å². The standard InChI is InChI=1S/C18H19NO5S/c1-2-22-15-3-5-16(6-4-15)25(20,21)19-8-7-13-9-17-18(24-12-23-17)10-14(13)11-19/h3-6,9-10H,2,7-8,11-12H2,1H3. The maximum Gasteiger partial charge on any atom is 0.243 e. The van der Waals surface area contributed by atoms with Crippen LogP contribution in [0.3, 0.4) is 0 Å². The Morgan fingerprint density at radius 1 is 1.08 bits per heavy atom.